The predicted octanol–water partition coefficient (Wildman–Crippen LogP) is 0.808. The third-order valence-corrected chi connectivity index (χ3v) is 1.39. The highest BCUT2D eigenvalue weighted by atomic mass is 28.3. The lowest BCUT2D eigenvalue weighted by molar-refractivity contribution is 1.27. The Morgan fingerprint density at radius 1 is 1.43 bits per heavy atom. The molecule has 0 aliphatic carbocycles. The molecule has 2 nitrogen and oxygen atoms in total. The molecule has 0 amide bonds. The molecule has 0 saturated heterocycles. The van der Waals surface area contributed by atoms with Crippen molar-refractivity contribution in [3.05, 3.63) is 0 Å². The number of nitrogens with zero attached hydrogens (tertiary/aromatic N) is 1. The summed E-state index contributed by atoms with van der Waals surface area (Å²) < 4.78 is 0. The molecule has 0 aromatic carbocycles. The maximum Gasteiger partial charge on any atom is 0.0940 e. The molecule has 0 aromatic heterocycles. The van der Waals surface area contributed by atoms with Crippen LogP contribution in [0.4, 0.5) is 0 Å². The summed E-state index contributed by atoms with van der Waals surface area (Å²) in [5.74, 6) is 6.77. The van der Waals surface area contributed by atoms with Crippen molar-refractivity contribution in [2.75, 3.05) is 0 Å². The molecule has 42 valence electrons. The highest BCUT2D eigenvalue weighted by molar-refractivity contribution is 6.99. The van der Waals surface area contributed by atoms with Gasteiger partial charge in [-0.1, -0.05) is 19.6 Å². The minimum absolute atomic E-state index is 1.07. The zero-order valence-electron chi connectivity index (χ0n) is 5.10. The lowest BCUT2D eigenvalue weighted by Crippen LogP contribution is -2.22. The number of rotatable bonds is 1. The number of hydrogen-bond acceptors (Lipinski definition) is 2. The smallest absolute Gasteiger partial charge is 0.0940 e. The maximum absolute atomic E-state index is 4.92. The number of hydrazone groups is 1. The van der Waals surface area contributed by atoms with Crippen molar-refractivity contribution >= 4 is 13.9 Å². The summed E-state index contributed by atoms with van der Waals surface area (Å²) in [6.07, 6.45) is 0. The molecule has 0 spiro atoms. The Bertz CT molecular complexity index is 72.2. The fraction of sp³-hybridized carbons (Fsp3) is 0.750. The molecule has 7 heavy (non-hydrogen) atoms. The van der Waals surface area contributed by atoms with Crippen molar-refractivity contribution < 1.29 is 0 Å². The van der Waals surface area contributed by atoms with E-state index in [1.807, 2.05) is 5.84 Å². The molecule has 0 fully saturated rings. The van der Waals surface area contributed by atoms with Crippen LogP contribution in [0.25, 0.3) is 0 Å². The predicted molar refractivity (Wildman–Crippen MR) is 36.0 cm³/mol. The van der Waals surface area contributed by atoms with Crippen LogP contribution in [-0.4, -0.2) is 13.9 Å². The number of nitrogens with two attached hydrogens (primary N) is 1. The zero-order chi connectivity index (χ0) is 5.91. The van der Waals surface area contributed by atoms with Gasteiger partial charge in [0.05, 0.1) is 8.07 Å². The van der Waals surface area contributed by atoms with Gasteiger partial charge in [0.1, 0.15) is 0 Å². The van der Waals surface area contributed by atoms with Gasteiger partial charge in [-0.2, -0.15) is 0 Å². The summed E-state index contributed by atoms with van der Waals surface area (Å²) in [7, 11) is -1.07. The highest BCUT2D eigenvalue weighted by Gasteiger charge is 2.07. The molecule has 0 bridgehead atoms. The Kier molecular flexibility index (Phi) is 2.02. The van der Waals surface area contributed by atoms with Crippen molar-refractivity contribution in [2.45, 2.75) is 19.6 Å². The van der Waals surface area contributed by atoms with Gasteiger partial charge in [-0.15, -0.1) is 0 Å². The van der Waals surface area contributed by atoms with Gasteiger partial charge in [-0.3, -0.25) is 0 Å². The Hall–Kier alpha value is -0.313. The van der Waals surface area contributed by atoms with E-state index in [-0.39, 0.29) is 0 Å². The molecule has 0 aliphatic rings. The number of hydrogen-bond donors (Lipinski definition) is 1. The molecular weight excluding hydrogens is 104 g/mol. The summed E-state index contributed by atoms with van der Waals surface area (Å²) in [4.78, 5) is 0. The van der Waals surface area contributed by atoms with Gasteiger partial charge in [0, 0.05) is 5.84 Å². The maximum atomic E-state index is 4.92. The lowest BCUT2D eigenvalue weighted by atomic mass is 11.6. The molecule has 0 radical (unpaired) electrons. The van der Waals surface area contributed by atoms with E-state index in [2.05, 4.69) is 24.7 Å². The van der Waals surface area contributed by atoms with E-state index in [1.54, 1.807) is 0 Å². The summed E-state index contributed by atoms with van der Waals surface area (Å²) in [5, 5.41) is 3.44. The first-order valence-electron chi connectivity index (χ1n) is 2.31. The fourth-order valence-electron chi connectivity index (χ4n) is 0.224. The van der Waals surface area contributed by atoms with E-state index < -0.39 is 8.07 Å². The van der Waals surface area contributed by atoms with Gasteiger partial charge in [-0.25, -0.2) is 5.10 Å². The third-order valence-electron chi connectivity index (χ3n) is 0.462. The first-order valence-corrected chi connectivity index (χ1v) is 5.88. The van der Waals surface area contributed by atoms with E-state index in [0.717, 1.165) is 0 Å². The van der Waals surface area contributed by atoms with Crippen LogP contribution in [0.5, 0.6) is 0 Å². The van der Waals surface area contributed by atoms with E-state index in [1.165, 1.54) is 0 Å². The van der Waals surface area contributed by atoms with Crippen molar-refractivity contribution in [3.63, 3.8) is 0 Å². The molecule has 0 saturated carbocycles. The van der Waals surface area contributed by atoms with E-state index >= 15 is 0 Å². The molecule has 0 heterocycles. The average molecular weight is 116 g/mol. The Morgan fingerprint density at radius 2 is 1.86 bits per heavy atom. The largest absolute Gasteiger partial charge is 0.324 e. The van der Waals surface area contributed by atoms with Crippen LogP contribution in [0.3, 0.4) is 0 Å². The second kappa shape index (κ2) is 2.11. The van der Waals surface area contributed by atoms with Crippen LogP contribution >= 0.6 is 0 Å². The van der Waals surface area contributed by atoms with Gasteiger partial charge in [0.15, 0.2) is 0 Å². The van der Waals surface area contributed by atoms with Crippen LogP contribution in [0.1, 0.15) is 0 Å². The van der Waals surface area contributed by atoms with Gasteiger partial charge in [-0.05, 0) is 0 Å². The third kappa shape index (κ3) is 5.69. The van der Waals surface area contributed by atoms with Crippen molar-refractivity contribution in [1.29, 1.82) is 0 Å². The van der Waals surface area contributed by atoms with Gasteiger partial charge >= 0.3 is 0 Å². The van der Waals surface area contributed by atoms with E-state index in [0.29, 0.717) is 0 Å². The molecule has 0 aliphatic heterocycles. The molecule has 0 unspecified atom stereocenters. The Labute approximate surface area is 45.4 Å². The van der Waals surface area contributed by atoms with Gasteiger partial charge in [0.25, 0.3) is 0 Å². The highest BCUT2D eigenvalue weighted by Crippen LogP contribution is 1.92. The normalized spacial score (nSPS) is 13.0. The monoisotopic (exact) mass is 116 g/mol. The van der Waals surface area contributed by atoms with Gasteiger partial charge < -0.3 is 5.84 Å². The Balaban J connectivity index is 3.56. The first-order chi connectivity index (χ1) is 3.06. The SMILES string of the molecule is C[Si](C)(C)/C=N/N. The van der Waals surface area contributed by atoms with E-state index in [9.17, 15) is 0 Å². The summed E-state index contributed by atoms with van der Waals surface area (Å²) in [6, 6.07) is 0. The summed E-state index contributed by atoms with van der Waals surface area (Å²) in [5.41, 5.74) is 0. The first kappa shape index (κ1) is 6.69. The van der Waals surface area contributed by atoms with Gasteiger partial charge in [0.2, 0.25) is 0 Å². The second-order valence-corrected chi connectivity index (χ2v) is 7.63. The van der Waals surface area contributed by atoms with Crippen molar-refractivity contribution in [3.8, 4) is 0 Å². The molecule has 0 atom stereocenters. The Morgan fingerprint density at radius 3 is 1.86 bits per heavy atom. The molecule has 2 N–H and O–H groups in total. The van der Waals surface area contributed by atoms with Crippen molar-refractivity contribution in [1.82, 2.24) is 0 Å². The fourth-order valence-corrected chi connectivity index (χ4v) is 0.671. The molecule has 0 aromatic rings. The summed E-state index contributed by atoms with van der Waals surface area (Å²) >= 11 is 0. The second-order valence-electron chi connectivity index (χ2n) is 2.64. The van der Waals surface area contributed by atoms with E-state index in [4.69, 9.17) is 5.84 Å². The van der Waals surface area contributed by atoms with Crippen LogP contribution in [0.2, 0.25) is 19.6 Å². The molecule has 0 rings (SSSR count). The average Bonchev–Trinajstić information content (AvgIpc) is 1.30. The van der Waals surface area contributed by atoms with Crippen LogP contribution < -0.4 is 5.84 Å². The minimum atomic E-state index is -1.07. The van der Waals surface area contributed by atoms with Crippen LogP contribution in [-0.2, 0) is 0 Å². The zero-order valence-corrected chi connectivity index (χ0v) is 6.10. The van der Waals surface area contributed by atoms with Crippen molar-refractivity contribution in [2.24, 2.45) is 10.9 Å². The minimum Gasteiger partial charge on any atom is -0.324 e. The topological polar surface area (TPSA) is 38.4 Å². The molecule has 3 heteroatoms. The van der Waals surface area contributed by atoms with Crippen LogP contribution in [0, 0.1) is 0 Å². The summed E-state index contributed by atoms with van der Waals surface area (Å²) in [6.45, 7) is 6.55. The lowest BCUT2D eigenvalue weighted by Gasteiger charge is -2.03. The molecular formula is C4H12N2Si. The van der Waals surface area contributed by atoms with Crippen LogP contribution in [0.15, 0.2) is 5.10 Å². The quantitative estimate of drug-likeness (QED) is 0.234. The standard InChI is InChI=1S/C4H12N2Si/c1-7(2,3)4-6-5/h4H,5H2,1-3H3/b6-4+.